The van der Waals surface area contributed by atoms with Crippen LogP contribution in [0.2, 0.25) is 0 Å². The topological polar surface area (TPSA) is 70.6 Å². The molecule has 0 spiro atoms. The van der Waals surface area contributed by atoms with Gasteiger partial charge in [-0.3, -0.25) is 0 Å². The van der Waals surface area contributed by atoms with Crippen LogP contribution < -0.4 is 11.1 Å². The van der Waals surface area contributed by atoms with Crippen molar-refractivity contribution in [3.8, 4) is 0 Å². The minimum Gasteiger partial charge on any atom is -0.409 e. The van der Waals surface area contributed by atoms with E-state index >= 15 is 0 Å². The number of hydrogen-bond acceptors (Lipinski definition) is 3. The molecule has 4 heteroatoms. The molecule has 0 fully saturated rings. The van der Waals surface area contributed by atoms with Crippen molar-refractivity contribution in [3.05, 3.63) is 71.3 Å². The molecule has 2 rings (SSSR count). The Morgan fingerprint density at radius 1 is 1.14 bits per heavy atom. The van der Waals surface area contributed by atoms with Gasteiger partial charge in [0.1, 0.15) is 0 Å². The normalized spacial score (nSPS) is 13.1. The van der Waals surface area contributed by atoms with Gasteiger partial charge in [-0.2, -0.15) is 0 Å². The second-order valence-electron chi connectivity index (χ2n) is 5.11. The van der Waals surface area contributed by atoms with E-state index in [0.717, 1.165) is 17.5 Å². The summed E-state index contributed by atoms with van der Waals surface area (Å²) in [5, 5.41) is 15.4. The summed E-state index contributed by atoms with van der Waals surface area (Å²) >= 11 is 0. The van der Waals surface area contributed by atoms with E-state index in [-0.39, 0.29) is 5.84 Å². The Morgan fingerprint density at radius 2 is 1.81 bits per heavy atom. The van der Waals surface area contributed by atoms with Crippen LogP contribution in [0.3, 0.4) is 0 Å². The maximum atomic E-state index is 8.83. The molecule has 2 aromatic carbocycles. The van der Waals surface area contributed by atoms with Gasteiger partial charge >= 0.3 is 0 Å². The van der Waals surface area contributed by atoms with Gasteiger partial charge in [0, 0.05) is 18.2 Å². The van der Waals surface area contributed by atoms with E-state index in [4.69, 9.17) is 10.9 Å². The van der Waals surface area contributed by atoms with Crippen molar-refractivity contribution < 1.29 is 5.21 Å². The van der Waals surface area contributed by atoms with Crippen LogP contribution in [0.4, 0.5) is 0 Å². The Labute approximate surface area is 125 Å². The number of oxime groups is 1. The number of nitrogens with two attached hydrogens (primary N) is 1. The molecule has 4 nitrogen and oxygen atoms in total. The zero-order chi connectivity index (χ0) is 15.1. The standard InChI is InChI=1S/C17H21N3O/c1-13(11-14-7-3-2-4-8-14)19-12-15-9-5-6-10-16(15)17(18)20-21/h2-10,13,19,21H,11-12H2,1H3,(H2,18,20). The van der Waals surface area contributed by atoms with Crippen LogP contribution in [0.1, 0.15) is 23.6 Å². The van der Waals surface area contributed by atoms with Crippen LogP contribution in [0.25, 0.3) is 0 Å². The summed E-state index contributed by atoms with van der Waals surface area (Å²) in [6, 6.07) is 18.4. The van der Waals surface area contributed by atoms with Gasteiger partial charge in [0.15, 0.2) is 5.84 Å². The third-order valence-electron chi connectivity index (χ3n) is 3.43. The summed E-state index contributed by atoms with van der Waals surface area (Å²) in [4.78, 5) is 0. The molecular weight excluding hydrogens is 262 g/mol. The highest BCUT2D eigenvalue weighted by Gasteiger charge is 2.08. The van der Waals surface area contributed by atoms with Gasteiger partial charge in [0.05, 0.1) is 0 Å². The summed E-state index contributed by atoms with van der Waals surface area (Å²) < 4.78 is 0. The number of nitrogens with one attached hydrogen (secondary N) is 1. The van der Waals surface area contributed by atoms with E-state index in [1.54, 1.807) is 0 Å². The maximum Gasteiger partial charge on any atom is 0.170 e. The number of benzene rings is 2. The molecule has 0 amide bonds. The smallest absolute Gasteiger partial charge is 0.170 e. The van der Waals surface area contributed by atoms with Crippen LogP contribution in [0, 0.1) is 0 Å². The van der Waals surface area contributed by atoms with E-state index in [2.05, 4.69) is 41.7 Å². The van der Waals surface area contributed by atoms with E-state index in [0.29, 0.717) is 12.6 Å². The molecule has 0 saturated carbocycles. The lowest BCUT2D eigenvalue weighted by Gasteiger charge is -2.15. The lowest BCUT2D eigenvalue weighted by Crippen LogP contribution is -2.29. The molecule has 0 aliphatic rings. The largest absolute Gasteiger partial charge is 0.409 e. The first-order valence-electron chi connectivity index (χ1n) is 7.04. The lowest BCUT2D eigenvalue weighted by atomic mass is 10.0. The van der Waals surface area contributed by atoms with Crippen LogP contribution in [0.15, 0.2) is 59.8 Å². The Bertz CT molecular complexity index is 596. The highest BCUT2D eigenvalue weighted by atomic mass is 16.4. The number of amidine groups is 1. The molecule has 2 aromatic rings. The molecule has 0 radical (unpaired) electrons. The summed E-state index contributed by atoms with van der Waals surface area (Å²) in [5.74, 6) is 0.142. The molecule has 0 bridgehead atoms. The minimum atomic E-state index is 0.142. The average molecular weight is 283 g/mol. The molecule has 110 valence electrons. The van der Waals surface area contributed by atoms with Gasteiger partial charge in [-0.05, 0) is 24.5 Å². The number of nitrogens with zero attached hydrogens (tertiary/aromatic N) is 1. The Morgan fingerprint density at radius 3 is 2.52 bits per heavy atom. The molecule has 0 aliphatic heterocycles. The zero-order valence-corrected chi connectivity index (χ0v) is 12.2. The highest BCUT2D eigenvalue weighted by Crippen LogP contribution is 2.09. The average Bonchev–Trinajstić information content (AvgIpc) is 2.53. The SMILES string of the molecule is CC(Cc1ccccc1)NCc1ccccc1C(N)=NO. The van der Waals surface area contributed by atoms with Crippen molar-refractivity contribution in [2.45, 2.75) is 25.9 Å². The fourth-order valence-electron chi connectivity index (χ4n) is 2.30. The molecule has 0 aliphatic carbocycles. The first kappa shape index (κ1) is 15.1. The second kappa shape index (κ2) is 7.45. The van der Waals surface area contributed by atoms with Crippen LogP contribution in [-0.4, -0.2) is 17.1 Å². The molecule has 4 N–H and O–H groups in total. The molecule has 0 aromatic heterocycles. The van der Waals surface area contributed by atoms with Gasteiger partial charge in [-0.25, -0.2) is 0 Å². The van der Waals surface area contributed by atoms with Crippen LogP contribution in [-0.2, 0) is 13.0 Å². The van der Waals surface area contributed by atoms with Gasteiger partial charge in [-0.1, -0.05) is 59.8 Å². The zero-order valence-electron chi connectivity index (χ0n) is 12.2. The monoisotopic (exact) mass is 283 g/mol. The fraction of sp³-hybridized carbons (Fsp3) is 0.235. The van der Waals surface area contributed by atoms with Gasteiger partial charge in [0.2, 0.25) is 0 Å². The van der Waals surface area contributed by atoms with E-state index in [1.807, 2.05) is 30.3 Å². The third kappa shape index (κ3) is 4.33. The number of hydrogen-bond donors (Lipinski definition) is 3. The molecular formula is C17H21N3O. The van der Waals surface area contributed by atoms with E-state index < -0.39 is 0 Å². The van der Waals surface area contributed by atoms with Gasteiger partial charge in [-0.15, -0.1) is 0 Å². The molecule has 1 atom stereocenters. The van der Waals surface area contributed by atoms with Crippen molar-refractivity contribution in [1.29, 1.82) is 0 Å². The molecule has 0 saturated heterocycles. The predicted molar refractivity (Wildman–Crippen MR) is 85.4 cm³/mol. The van der Waals surface area contributed by atoms with Crippen molar-refractivity contribution in [1.82, 2.24) is 5.32 Å². The van der Waals surface area contributed by atoms with E-state index in [9.17, 15) is 0 Å². The quantitative estimate of drug-likeness (QED) is 0.330. The summed E-state index contributed by atoms with van der Waals surface area (Å²) in [5.41, 5.74) is 8.79. The van der Waals surface area contributed by atoms with Crippen molar-refractivity contribution in [3.63, 3.8) is 0 Å². The van der Waals surface area contributed by atoms with E-state index in [1.165, 1.54) is 5.56 Å². The van der Waals surface area contributed by atoms with Gasteiger partial charge in [0.25, 0.3) is 0 Å². The summed E-state index contributed by atoms with van der Waals surface area (Å²) in [6.07, 6.45) is 0.965. The Hall–Kier alpha value is -2.33. The predicted octanol–water partition coefficient (Wildman–Crippen LogP) is 2.50. The van der Waals surface area contributed by atoms with Crippen molar-refractivity contribution in [2.75, 3.05) is 0 Å². The summed E-state index contributed by atoms with van der Waals surface area (Å²) in [7, 11) is 0. The van der Waals surface area contributed by atoms with Crippen molar-refractivity contribution >= 4 is 5.84 Å². The third-order valence-corrected chi connectivity index (χ3v) is 3.43. The minimum absolute atomic E-state index is 0.142. The van der Waals surface area contributed by atoms with Crippen molar-refractivity contribution in [2.24, 2.45) is 10.9 Å². The van der Waals surface area contributed by atoms with Crippen LogP contribution in [0.5, 0.6) is 0 Å². The fourth-order valence-corrected chi connectivity index (χ4v) is 2.30. The molecule has 21 heavy (non-hydrogen) atoms. The highest BCUT2D eigenvalue weighted by molar-refractivity contribution is 5.98. The maximum absolute atomic E-state index is 8.83. The van der Waals surface area contributed by atoms with Gasteiger partial charge < -0.3 is 16.3 Å². The Kier molecular flexibility index (Phi) is 5.35. The Balaban J connectivity index is 1.97. The number of rotatable bonds is 6. The second-order valence-corrected chi connectivity index (χ2v) is 5.11. The lowest BCUT2D eigenvalue weighted by molar-refractivity contribution is 0.318. The molecule has 0 heterocycles. The first-order chi connectivity index (χ1) is 10.2. The molecule has 1 unspecified atom stereocenters. The summed E-state index contributed by atoms with van der Waals surface area (Å²) in [6.45, 7) is 2.83. The van der Waals surface area contributed by atoms with Crippen LogP contribution >= 0.6 is 0 Å². The first-order valence-corrected chi connectivity index (χ1v) is 7.04.